The lowest BCUT2D eigenvalue weighted by Crippen LogP contribution is -2.44. The van der Waals surface area contributed by atoms with Gasteiger partial charge in [0.25, 0.3) is 0 Å². The van der Waals surface area contributed by atoms with E-state index in [9.17, 15) is 14.9 Å². The van der Waals surface area contributed by atoms with Crippen molar-refractivity contribution in [2.75, 3.05) is 25.3 Å². The van der Waals surface area contributed by atoms with E-state index in [1.165, 1.54) is 26.4 Å². The molecule has 0 aliphatic carbocycles. The number of carbonyl (C=O) groups excluding carboxylic acids is 1. The maximum atomic E-state index is 12.1. The summed E-state index contributed by atoms with van der Waals surface area (Å²) in [6.45, 7) is 0. The van der Waals surface area contributed by atoms with Crippen molar-refractivity contribution in [2.45, 2.75) is 4.90 Å². The first-order chi connectivity index (χ1) is 14.2. The lowest BCUT2D eigenvalue weighted by Gasteiger charge is -2.13. The minimum atomic E-state index is -0.575. The van der Waals surface area contributed by atoms with Crippen molar-refractivity contribution >= 4 is 69.6 Å². The van der Waals surface area contributed by atoms with Gasteiger partial charge in [0.05, 0.1) is 45.9 Å². The molecule has 0 radical (unpaired) electrons. The number of hydrogen-bond donors (Lipinski definition) is 3. The van der Waals surface area contributed by atoms with E-state index in [0.29, 0.717) is 20.6 Å². The zero-order chi connectivity index (χ0) is 22.3. The average molecular weight is 491 g/mol. The van der Waals surface area contributed by atoms with E-state index in [0.717, 1.165) is 11.8 Å². The normalized spacial score (nSPS) is 10.1. The second-order valence-electron chi connectivity index (χ2n) is 5.48. The number of ether oxygens (including phenoxy) is 2. The molecule has 0 unspecified atom stereocenters. The number of nitro benzene ring substituents is 1. The Hall–Kier alpha value is -2.47. The first-order valence-corrected chi connectivity index (χ1v) is 10.2. The Morgan fingerprint density at radius 1 is 1.13 bits per heavy atom. The maximum Gasteiger partial charge on any atom is 0.314 e. The third kappa shape index (κ3) is 6.52. The van der Waals surface area contributed by atoms with Crippen LogP contribution < -0.4 is 25.6 Å². The zero-order valence-electron chi connectivity index (χ0n) is 15.7. The Bertz CT molecular complexity index is 977. The Kier molecular flexibility index (Phi) is 8.78. The maximum absolute atomic E-state index is 12.1. The molecule has 0 aliphatic rings. The van der Waals surface area contributed by atoms with Gasteiger partial charge in [-0.3, -0.25) is 25.8 Å². The van der Waals surface area contributed by atoms with E-state index < -0.39 is 10.8 Å². The van der Waals surface area contributed by atoms with Gasteiger partial charge in [-0.25, -0.2) is 0 Å². The van der Waals surface area contributed by atoms with Crippen LogP contribution >= 0.6 is 47.2 Å². The molecule has 2 rings (SSSR count). The Balaban J connectivity index is 1.91. The van der Waals surface area contributed by atoms with Gasteiger partial charge in [0.1, 0.15) is 5.75 Å². The number of hydrogen-bond acceptors (Lipinski definition) is 7. The minimum absolute atomic E-state index is 0.0142. The van der Waals surface area contributed by atoms with E-state index in [-0.39, 0.29) is 28.1 Å². The summed E-state index contributed by atoms with van der Waals surface area (Å²) >= 11 is 18.0. The van der Waals surface area contributed by atoms with Gasteiger partial charge in [-0.1, -0.05) is 23.2 Å². The van der Waals surface area contributed by atoms with Crippen LogP contribution in [0.15, 0.2) is 35.2 Å². The molecule has 1 amide bonds. The van der Waals surface area contributed by atoms with Gasteiger partial charge in [0, 0.05) is 11.8 Å². The highest BCUT2D eigenvalue weighted by molar-refractivity contribution is 8.00. The number of halogens is 2. The number of carbonyl (C=O) groups is 1. The standard InChI is InChI=1S/C17H16Cl2N4O5S2/c1-27-13-7-15(14(28-2)6-12(13)23(25)26)30-8-16(24)21-22-17(29)20-9-3-4-10(18)11(19)5-9/h3-7H,8H2,1-2H3,(H,21,24)(H2,20,22,29). The average Bonchev–Trinajstić information content (AvgIpc) is 2.72. The molecule has 0 bridgehead atoms. The van der Waals surface area contributed by atoms with Crippen LogP contribution in [-0.2, 0) is 4.79 Å². The number of thioether (sulfide) groups is 1. The van der Waals surface area contributed by atoms with Crippen molar-refractivity contribution in [2.24, 2.45) is 0 Å². The molecule has 2 aromatic carbocycles. The van der Waals surface area contributed by atoms with Gasteiger partial charge in [-0.15, -0.1) is 11.8 Å². The molecule has 0 aromatic heterocycles. The number of nitro groups is 1. The Labute approximate surface area is 191 Å². The van der Waals surface area contributed by atoms with E-state index in [1.807, 2.05) is 0 Å². The molecule has 0 saturated carbocycles. The number of anilines is 1. The van der Waals surface area contributed by atoms with Crippen molar-refractivity contribution < 1.29 is 19.2 Å². The van der Waals surface area contributed by atoms with Crippen molar-refractivity contribution in [3.8, 4) is 11.5 Å². The molecular formula is C17H16Cl2N4O5S2. The van der Waals surface area contributed by atoms with E-state index in [2.05, 4.69) is 16.2 Å². The van der Waals surface area contributed by atoms with Gasteiger partial charge in [-0.2, -0.15) is 0 Å². The lowest BCUT2D eigenvalue weighted by molar-refractivity contribution is -0.385. The number of benzene rings is 2. The molecule has 0 heterocycles. The van der Waals surface area contributed by atoms with Gasteiger partial charge in [0.2, 0.25) is 5.91 Å². The van der Waals surface area contributed by atoms with Crippen LogP contribution in [-0.4, -0.2) is 35.9 Å². The number of thiocarbonyl (C=S) groups is 1. The number of methoxy groups -OCH3 is 2. The van der Waals surface area contributed by atoms with E-state index >= 15 is 0 Å². The number of amides is 1. The highest BCUT2D eigenvalue weighted by atomic mass is 35.5. The summed E-state index contributed by atoms with van der Waals surface area (Å²) in [5.74, 6) is -0.0868. The fourth-order valence-corrected chi connectivity index (χ4v) is 3.45. The van der Waals surface area contributed by atoms with Gasteiger partial charge >= 0.3 is 5.69 Å². The molecule has 3 N–H and O–H groups in total. The Morgan fingerprint density at radius 2 is 1.83 bits per heavy atom. The molecule has 0 spiro atoms. The van der Waals surface area contributed by atoms with E-state index in [1.54, 1.807) is 18.2 Å². The van der Waals surface area contributed by atoms with Crippen LogP contribution in [0, 0.1) is 10.1 Å². The van der Waals surface area contributed by atoms with Gasteiger partial charge in [-0.05, 0) is 30.4 Å². The topological polar surface area (TPSA) is 115 Å². The van der Waals surface area contributed by atoms with Crippen LogP contribution in [0.25, 0.3) is 0 Å². The minimum Gasteiger partial charge on any atom is -0.495 e. The Morgan fingerprint density at radius 3 is 2.43 bits per heavy atom. The van der Waals surface area contributed by atoms with Crippen LogP contribution in [0.5, 0.6) is 11.5 Å². The van der Waals surface area contributed by atoms with Gasteiger partial charge < -0.3 is 14.8 Å². The summed E-state index contributed by atoms with van der Waals surface area (Å²) in [5.41, 5.74) is 5.36. The summed E-state index contributed by atoms with van der Waals surface area (Å²) in [7, 11) is 2.70. The highest BCUT2D eigenvalue weighted by Crippen LogP contribution is 2.39. The zero-order valence-corrected chi connectivity index (χ0v) is 18.8. The van der Waals surface area contributed by atoms with Crippen molar-refractivity contribution in [3.63, 3.8) is 0 Å². The summed E-state index contributed by atoms with van der Waals surface area (Å²) in [6, 6.07) is 7.56. The fraction of sp³-hybridized carbons (Fsp3) is 0.176. The summed E-state index contributed by atoms with van der Waals surface area (Å²) in [6.07, 6.45) is 0. The summed E-state index contributed by atoms with van der Waals surface area (Å²) in [4.78, 5) is 23.1. The molecule has 0 saturated heterocycles. The summed E-state index contributed by atoms with van der Waals surface area (Å²) < 4.78 is 10.2. The molecule has 30 heavy (non-hydrogen) atoms. The van der Waals surface area contributed by atoms with Crippen molar-refractivity contribution in [1.29, 1.82) is 0 Å². The quantitative estimate of drug-likeness (QED) is 0.229. The summed E-state index contributed by atoms with van der Waals surface area (Å²) in [5, 5.41) is 14.9. The number of nitrogens with zero attached hydrogens (tertiary/aromatic N) is 1. The largest absolute Gasteiger partial charge is 0.495 e. The third-order valence-corrected chi connectivity index (χ3v) is 5.49. The molecule has 0 fully saturated rings. The van der Waals surface area contributed by atoms with Crippen molar-refractivity contribution in [3.05, 3.63) is 50.5 Å². The van der Waals surface area contributed by atoms with Crippen molar-refractivity contribution in [1.82, 2.24) is 10.9 Å². The third-order valence-electron chi connectivity index (χ3n) is 3.51. The first kappa shape index (κ1) is 23.8. The van der Waals surface area contributed by atoms with Crippen LogP contribution in [0.2, 0.25) is 10.0 Å². The van der Waals surface area contributed by atoms with Crippen LogP contribution in [0.1, 0.15) is 0 Å². The molecule has 160 valence electrons. The van der Waals surface area contributed by atoms with Crippen LogP contribution in [0.3, 0.4) is 0 Å². The second-order valence-corrected chi connectivity index (χ2v) is 7.72. The predicted molar refractivity (Wildman–Crippen MR) is 121 cm³/mol. The number of nitrogens with one attached hydrogen (secondary N) is 3. The molecule has 13 heteroatoms. The van der Waals surface area contributed by atoms with E-state index in [4.69, 9.17) is 44.9 Å². The SMILES string of the molecule is COc1cc([N+](=O)[O-])c(OC)cc1SCC(=O)NNC(=S)Nc1ccc(Cl)c(Cl)c1. The smallest absolute Gasteiger partial charge is 0.314 e. The number of hydrazine groups is 1. The molecule has 0 atom stereocenters. The predicted octanol–water partition coefficient (Wildman–Crippen LogP) is 4.03. The molecule has 0 aliphatic heterocycles. The monoisotopic (exact) mass is 490 g/mol. The molecular weight excluding hydrogens is 475 g/mol. The second kappa shape index (κ2) is 11.1. The highest BCUT2D eigenvalue weighted by Gasteiger charge is 2.20. The molecule has 9 nitrogen and oxygen atoms in total. The van der Waals surface area contributed by atoms with Gasteiger partial charge in [0.15, 0.2) is 10.9 Å². The number of rotatable bonds is 7. The first-order valence-electron chi connectivity index (χ1n) is 8.09. The fourth-order valence-electron chi connectivity index (χ4n) is 2.15. The van der Waals surface area contributed by atoms with Crippen LogP contribution in [0.4, 0.5) is 11.4 Å². The molecule has 2 aromatic rings. The lowest BCUT2D eigenvalue weighted by atomic mass is 10.3.